The molecular weight excluding hydrogens is 328 g/mol. The van der Waals surface area contributed by atoms with Crippen LogP contribution in [0, 0.1) is 6.92 Å². The van der Waals surface area contributed by atoms with E-state index in [1.807, 2.05) is 19.1 Å². The number of fused-ring (bicyclic) bond motifs is 2. The number of carbonyl (C=O) groups is 1. The summed E-state index contributed by atoms with van der Waals surface area (Å²) in [7, 11) is 0. The Kier molecular flexibility index (Phi) is 3.68. The molecule has 0 atom stereocenters. The Morgan fingerprint density at radius 3 is 2.73 bits per heavy atom. The van der Waals surface area contributed by atoms with Crippen molar-refractivity contribution in [2.24, 2.45) is 0 Å². The second-order valence-electron chi connectivity index (χ2n) is 7.64. The minimum absolute atomic E-state index is 0.0378. The van der Waals surface area contributed by atoms with E-state index in [0.717, 1.165) is 34.9 Å². The lowest BCUT2D eigenvalue weighted by Crippen LogP contribution is -2.31. The van der Waals surface area contributed by atoms with Crippen LogP contribution in [0.1, 0.15) is 42.5 Å². The molecule has 3 N–H and O–H groups in total. The van der Waals surface area contributed by atoms with E-state index >= 15 is 0 Å². The SMILES string of the molecule is Cc1nc2nccc(-c3cc4c([nH]3)CCNC4=O)c2nc1NC(C)(C)C. The quantitative estimate of drug-likeness (QED) is 0.660. The molecule has 3 aromatic rings. The number of aromatic amines is 1. The number of pyridine rings is 1. The van der Waals surface area contributed by atoms with Crippen LogP contribution in [0.5, 0.6) is 0 Å². The maximum absolute atomic E-state index is 12.1. The Hall–Kier alpha value is -2.96. The summed E-state index contributed by atoms with van der Waals surface area (Å²) in [5.74, 6) is 0.706. The van der Waals surface area contributed by atoms with E-state index < -0.39 is 0 Å². The predicted octanol–water partition coefficient (Wildman–Crippen LogP) is 2.82. The molecule has 0 aliphatic carbocycles. The number of carbonyl (C=O) groups excluding carboxylic acids is 1. The fraction of sp³-hybridized carbons (Fsp3) is 0.368. The van der Waals surface area contributed by atoms with E-state index in [-0.39, 0.29) is 11.4 Å². The molecular formula is C19H22N6O. The van der Waals surface area contributed by atoms with Crippen molar-refractivity contribution in [3.05, 3.63) is 35.3 Å². The van der Waals surface area contributed by atoms with Gasteiger partial charge in [-0.15, -0.1) is 0 Å². The molecule has 1 aliphatic rings. The second kappa shape index (κ2) is 5.79. The van der Waals surface area contributed by atoms with Gasteiger partial charge in [0.1, 0.15) is 11.3 Å². The number of nitrogens with one attached hydrogen (secondary N) is 3. The highest BCUT2D eigenvalue weighted by molar-refractivity contribution is 5.99. The van der Waals surface area contributed by atoms with Gasteiger partial charge in [-0.05, 0) is 39.8 Å². The van der Waals surface area contributed by atoms with Gasteiger partial charge >= 0.3 is 0 Å². The second-order valence-corrected chi connectivity index (χ2v) is 7.64. The van der Waals surface area contributed by atoms with Gasteiger partial charge < -0.3 is 15.6 Å². The van der Waals surface area contributed by atoms with Gasteiger partial charge in [0.2, 0.25) is 0 Å². The average molecular weight is 350 g/mol. The molecule has 0 fully saturated rings. The van der Waals surface area contributed by atoms with Gasteiger partial charge in [-0.1, -0.05) is 0 Å². The van der Waals surface area contributed by atoms with Gasteiger partial charge in [0.15, 0.2) is 5.65 Å². The van der Waals surface area contributed by atoms with Crippen LogP contribution >= 0.6 is 0 Å². The standard InChI is InChI=1S/C19H22N6O/c1-10-16(25-19(2,3)4)24-15-11(5-7-20-17(15)22-10)14-9-12-13(23-14)6-8-21-18(12)26/h5,7,9,23H,6,8H2,1-4H3,(H,21,26)(H,24,25). The minimum atomic E-state index is -0.126. The molecule has 3 aromatic heterocycles. The largest absolute Gasteiger partial charge is 0.364 e. The molecule has 26 heavy (non-hydrogen) atoms. The van der Waals surface area contributed by atoms with Gasteiger partial charge in [0.05, 0.1) is 11.3 Å². The van der Waals surface area contributed by atoms with Crippen LogP contribution in [-0.4, -0.2) is 37.9 Å². The number of aryl methyl sites for hydroxylation is 1. The lowest BCUT2D eigenvalue weighted by Gasteiger charge is -2.22. The van der Waals surface area contributed by atoms with E-state index in [0.29, 0.717) is 23.3 Å². The van der Waals surface area contributed by atoms with Gasteiger partial charge in [0, 0.05) is 41.7 Å². The first kappa shape index (κ1) is 16.5. The number of aromatic nitrogens is 4. The Morgan fingerprint density at radius 2 is 2.00 bits per heavy atom. The van der Waals surface area contributed by atoms with E-state index in [9.17, 15) is 4.79 Å². The van der Waals surface area contributed by atoms with Crippen molar-refractivity contribution in [2.75, 3.05) is 11.9 Å². The molecule has 0 bridgehead atoms. The highest BCUT2D eigenvalue weighted by Crippen LogP contribution is 2.29. The van der Waals surface area contributed by atoms with Crippen molar-refractivity contribution >= 4 is 22.9 Å². The summed E-state index contributed by atoms with van der Waals surface area (Å²) in [6, 6.07) is 3.79. The van der Waals surface area contributed by atoms with Crippen LogP contribution < -0.4 is 10.6 Å². The molecule has 134 valence electrons. The fourth-order valence-electron chi connectivity index (χ4n) is 3.17. The summed E-state index contributed by atoms with van der Waals surface area (Å²) in [6.07, 6.45) is 2.52. The first-order chi connectivity index (χ1) is 12.3. The van der Waals surface area contributed by atoms with E-state index in [1.165, 1.54) is 0 Å². The van der Waals surface area contributed by atoms with Crippen LogP contribution in [0.15, 0.2) is 18.3 Å². The van der Waals surface area contributed by atoms with Crippen LogP contribution in [0.25, 0.3) is 22.4 Å². The highest BCUT2D eigenvalue weighted by atomic mass is 16.1. The summed E-state index contributed by atoms with van der Waals surface area (Å²) < 4.78 is 0. The van der Waals surface area contributed by atoms with Crippen molar-refractivity contribution in [3.8, 4) is 11.3 Å². The first-order valence-electron chi connectivity index (χ1n) is 8.74. The third kappa shape index (κ3) is 2.89. The topological polar surface area (TPSA) is 95.6 Å². The fourth-order valence-corrected chi connectivity index (χ4v) is 3.17. The smallest absolute Gasteiger partial charge is 0.253 e. The summed E-state index contributed by atoms with van der Waals surface area (Å²) in [4.78, 5) is 29.2. The maximum atomic E-state index is 12.1. The lowest BCUT2D eigenvalue weighted by molar-refractivity contribution is 0.0946. The molecule has 0 saturated carbocycles. The molecule has 0 radical (unpaired) electrons. The molecule has 1 amide bonds. The van der Waals surface area contributed by atoms with Crippen LogP contribution in [0.3, 0.4) is 0 Å². The molecule has 7 nitrogen and oxygen atoms in total. The van der Waals surface area contributed by atoms with Crippen molar-refractivity contribution in [3.63, 3.8) is 0 Å². The number of hydrogen-bond acceptors (Lipinski definition) is 5. The zero-order valence-electron chi connectivity index (χ0n) is 15.4. The van der Waals surface area contributed by atoms with Gasteiger partial charge in [-0.2, -0.15) is 0 Å². The van der Waals surface area contributed by atoms with Crippen LogP contribution in [0.2, 0.25) is 0 Å². The zero-order chi connectivity index (χ0) is 18.5. The number of rotatable bonds is 2. The summed E-state index contributed by atoms with van der Waals surface area (Å²) in [6.45, 7) is 8.83. The summed E-state index contributed by atoms with van der Waals surface area (Å²) in [5.41, 5.74) is 5.40. The number of nitrogens with zero attached hydrogens (tertiary/aromatic N) is 3. The molecule has 0 spiro atoms. The van der Waals surface area contributed by atoms with Crippen molar-refractivity contribution < 1.29 is 4.79 Å². The Morgan fingerprint density at radius 1 is 1.19 bits per heavy atom. The van der Waals surface area contributed by atoms with Gasteiger partial charge in [-0.25, -0.2) is 15.0 Å². The monoisotopic (exact) mass is 350 g/mol. The Balaban J connectivity index is 1.88. The lowest BCUT2D eigenvalue weighted by atomic mass is 10.1. The van der Waals surface area contributed by atoms with Crippen molar-refractivity contribution in [2.45, 2.75) is 39.7 Å². The Bertz CT molecular complexity index is 1010. The minimum Gasteiger partial charge on any atom is -0.364 e. The first-order valence-corrected chi connectivity index (χ1v) is 8.74. The Labute approximate surface area is 151 Å². The zero-order valence-corrected chi connectivity index (χ0v) is 15.4. The van der Waals surface area contributed by atoms with Gasteiger partial charge in [-0.3, -0.25) is 4.79 Å². The number of H-pyrrole nitrogens is 1. The van der Waals surface area contributed by atoms with Crippen LogP contribution in [-0.2, 0) is 6.42 Å². The van der Waals surface area contributed by atoms with Crippen molar-refractivity contribution in [1.82, 2.24) is 25.3 Å². The molecule has 0 saturated heterocycles. The van der Waals surface area contributed by atoms with Crippen LogP contribution in [0.4, 0.5) is 5.82 Å². The number of amides is 1. The maximum Gasteiger partial charge on any atom is 0.253 e. The normalized spacial score (nSPS) is 14.2. The van der Waals surface area contributed by atoms with E-state index in [4.69, 9.17) is 4.98 Å². The molecule has 7 heteroatoms. The summed E-state index contributed by atoms with van der Waals surface area (Å²) >= 11 is 0. The summed E-state index contributed by atoms with van der Waals surface area (Å²) in [5, 5.41) is 6.27. The molecule has 4 heterocycles. The van der Waals surface area contributed by atoms with E-state index in [2.05, 4.69) is 46.4 Å². The van der Waals surface area contributed by atoms with Gasteiger partial charge in [0.25, 0.3) is 5.91 Å². The molecule has 4 rings (SSSR count). The number of hydrogen-bond donors (Lipinski definition) is 3. The van der Waals surface area contributed by atoms with E-state index in [1.54, 1.807) is 6.20 Å². The molecule has 0 unspecified atom stereocenters. The van der Waals surface area contributed by atoms with Crippen molar-refractivity contribution in [1.29, 1.82) is 0 Å². The third-order valence-corrected chi connectivity index (χ3v) is 4.33. The molecule has 0 aromatic carbocycles. The average Bonchev–Trinajstić information content (AvgIpc) is 2.99. The third-order valence-electron chi connectivity index (χ3n) is 4.33. The highest BCUT2D eigenvalue weighted by Gasteiger charge is 2.22. The number of anilines is 1. The molecule has 1 aliphatic heterocycles. The predicted molar refractivity (Wildman–Crippen MR) is 101 cm³/mol.